The number of methoxy groups -OCH3 is 1. The molecule has 0 spiro atoms. The predicted molar refractivity (Wildman–Crippen MR) is 126 cm³/mol. The number of anilines is 2. The molecule has 4 rings (SSSR count). The van der Waals surface area contributed by atoms with Crippen molar-refractivity contribution in [2.45, 2.75) is 23.8 Å². The van der Waals surface area contributed by atoms with Crippen molar-refractivity contribution in [2.75, 3.05) is 29.8 Å². The van der Waals surface area contributed by atoms with Gasteiger partial charge in [0.15, 0.2) is 0 Å². The second kappa shape index (κ2) is 9.30. The van der Waals surface area contributed by atoms with Gasteiger partial charge in [0.05, 0.1) is 11.0 Å². The van der Waals surface area contributed by atoms with E-state index in [-0.39, 0.29) is 4.90 Å². The molecule has 0 amide bonds. The summed E-state index contributed by atoms with van der Waals surface area (Å²) in [4.78, 5) is 2.51. The Balaban J connectivity index is 1.44. The molecule has 31 heavy (non-hydrogen) atoms. The van der Waals surface area contributed by atoms with Crippen molar-refractivity contribution in [2.24, 2.45) is 0 Å². The Morgan fingerprint density at radius 1 is 0.935 bits per heavy atom. The Morgan fingerprint density at radius 2 is 1.61 bits per heavy atom. The molecule has 1 heterocycles. The highest BCUT2D eigenvalue weighted by molar-refractivity contribution is 7.92. The molecule has 5 nitrogen and oxygen atoms in total. The van der Waals surface area contributed by atoms with Crippen LogP contribution in [0.3, 0.4) is 0 Å². The molecule has 1 saturated heterocycles. The van der Waals surface area contributed by atoms with E-state index < -0.39 is 10.0 Å². The molecule has 1 aliphatic heterocycles. The summed E-state index contributed by atoms with van der Waals surface area (Å²) in [5.74, 6) is 0. The Labute approximate surface area is 188 Å². The molecule has 0 unspecified atom stereocenters. The quantitative estimate of drug-likeness (QED) is 0.537. The van der Waals surface area contributed by atoms with Crippen LogP contribution in [0.4, 0.5) is 11.4 Å². The Bertz CT molecular complexity index is 1120. The summed E-state index contributed by atoms with van der Waals surface area (Å²) < 4.78 is 33.7. The fourth-order valence-electron chi connectivity index (χ4n) is 3.80. The molecule has 0 aliphatic carbocycles. The monoisotopic (exact) mass is 456 g/mol. The molecule has 162 valence electrons. The van der Waals surface area contributed by atoms with Gasteiger partial charge in [-0.1, -0.05) is 35.9 Å². The molecule has 0 aromatic heterocycles. The minimum atomic E-state index is -3.68. The average molecular weight is 457 g/mol. The highest BCUT2D eigenvalue weighted by atomic mass is 35.5. The Hall–Kier alpha value is -2.54. The molecule has 1 N–H and O–H groups in total. The number of nitrogens with zero attached hydrogens (tertiary/aromatic N) is 1. The van der Waals surface area contributed by atoms with E-state index in [9.17, 15) is 8.42 Å². The highest BCUT2D eigenvalue weighted by Crippen LogP contribution is 2.26. The fraction of sp³-hybridized carbons (Fsp3) is 0.250. The predicted octanol–water partition coefficient (Wildman–Crippen LogP) is 5.42. The van der Waals surface area contributed by atoms with E-state index in [0.717, 1.165) is 42.7 Å². The summed E-state index contributed by atoms with van der Waals surface area (Å²) in [6.07, 6.45) is 2.32. The summed E-state index contributed by atoms with van der Waals surface area (Å²) in [5.41, 5.74) is 3.47. The van der Waals surface area contributed by atoms with Crippen molar-refractivity contribution >= 4 is 33.0 Å². The number of hydrogen-bond acceptors (Lipinski definition) is 4. The van der Waals surface area contributed by atoms with Crippen LogP contribution >= 0.6 is 11.6 Å². The van der Waals surface area contributed by atoms with Gasteiger partial charge < -0.3 is 9.64 Å². The lowest BCUT2D eigenvalue weighted by Crippen LogP contribution is -2.36. The minimum Gasteiger partial charge on any atom is -0.381 e. The second-order valence-electron chi connectivity index (χ2n) is 7.61. The average Bonchev–Trinajstić information content (AvgIpc) is 2.79. The SMILES string of the molecule is COC1CCN(c2ccc(NS(=O)(=O)c3ccc(-c4cccc(Cl)c4)cc3)cc2)CC1. The number of ether oxygens (including phenoxy) is 1. The van der Waals surface area contributed by atoms with Gasteiger partial charge in [0, 0.05) is 36.6 Å². The summed E-state index contributed by atoms with van der Waals surface area (Å²) in [7, 11) is -1.92. The zero-order chi connectivity index (χ0) is 21.8. The van der Waals surface area contributed by atoms with E-state index in [1.54, 1.807) is 49.6 Å². The van der Waals surface area contributed by atoms with Crippen LogP contribution in [0.2, 0.25) is 5.02 Å². The van der Waals surface area contributed by atoms with Crippen molar-refractivity contribution < 1.29 is 13.2 Å². The van der Waals surface area contributed by atoms with Crippen molar-refractivity contribution in [1.29, 1.82) is 0 Å². The van der Waals surface area contributed by atoms with Crippen LogP contribution in [-0.2, 0) is 14.8 Å². The first-order valence-electron chi connectivity index (χ1n) is 10.2. The van der Waals surface area contributed by atoms with Crippen molar-refractivity contribution in [3.8, 4) is 11.1 Å². The van der Waals surface area contributed by atoms with E-state index in [2.05, 4.69) is 9.62 Å². The van der Waals surface area contributed by atoms with Gasteiger partial charge >= 0.3 is 0 Å². The molecule has 0 radical (unpaired) electrons. The molecule has 0 bridgehead atoms. The zero-order valence-corrected chi connectivity index (χ0v) is 18.9. The lowest BCUT2D eigenvalue weighted by molar-refractivity contribution is 0.0819. The van der Waals surface area contributed by atoms with Gasteiger partial charge in [-0.15, -0.1) is 0 Å². The largest absolute Gasteiger partial charge is 0.381 e. The van der Waals surface area contributed by atoms with Gasteiger partial charge in [-0.2, -0.15) is 0 Å². The van der Waals surface area contributed by atoms with E-state index in [1.165, 1.54) is 0 Å². The molecular weight excluding hydrogens is 432 g/mol. The van der Waals surface area contributed by atoms with Crippen molar-refractivity contribution in [1.82, 2.24) is 0 Å². The maximum atomic E-state index is 12.8. The number of benzene rings is 3. The molecular formula is C24H25ClN2O3S. The van der Waals surface area contributed by atoms with Crippen LogP contribution in [0.5, 0.6) is 0 Å². The van der Waals surface area contributed by atoms with Gasteiger partial charge in [-0.3, -0.25) is 4.72 Å². The number of halogens is 1. The second-order valence-corrected chi connectivity index (χ2v) is 9.73. The van der Waals surface area contributed by atoms with Gasteiger partial charge in [0.1, 0.15) is 0 Å². The molecule has 0 saturated carbocycles. The van der Waals surface area contributed by atoms with E-state index in [4.69, 9.17) is 16.3 Å². The van der Waals surface area contributed by atoms with E-state index in [1.807, 2.05) is 30.3 Å². The van der Waals surface area contributed by atoms with E-state index >= 15 is 0 Å². The number of sulfonamides is 1. The molecule has 0 atom stereocenters. The number of rotatable bonds is 6. The molecule has 1 fully saturated rings. The lowest BCUT2D eigenvalue weighted by Gasteiger charge is -2.33. The third kappa shape index (κ3) is 5.21. The highest BCUT2D eigenvalue weighted by Gasteiger charge is 2.19. The number of piperidine rings is 1. The third-order valence-electron chi connectivity index (χ3n) is 5.58. The summed E-state index contributed by atoms with van der Waals surface area (Å²) in [6.45, 7) is 1.87. The van der Waals surface area contributed by atoms with Crippen LogP contribution in [0.1, 0.15) is 12.8 Å². The lowest BCUT2D eigenvalue weighted by atomic mass is 10.1. The Kier molecular flexibility index (Phi) is 6.51. The molecule has 3 aromatic carbocycles. The van der Waals surface area contributed by atoms with Gasteiger partial charge in [-0.25, -0.2) is 8.42 Å². The topological polar surface area (TPSA) is 58.6 Å². The zero-order valence-electron chi connectivity index (χ0n) is 17.3. The maximum absolute atomic E-state index is 12.8. The molecule has 3 aromatic rings. The van der Waals surface area contributed by atoms with E-state index in [0.29, 0.717) is 16.8 Å². The van der Waals surface area contributed by atoms with Crippen LogP contribution in [0.15, 0.2) is 77.7 Å². The third-order valence-corrected chi connectivity index (χ3v) is 7.21. The fourth-order valence-corrected chi connectivity index (χ4v) is 5.05. The first kappa shape index (κ1) is 21.7. The van der Waals surface area contributed by atoms with Crippen LogP contribution < -0.4 is 9.62 Å². The smallest absolute Gasteiger partial charge is 0.261 e. The number of hydrogen-bond donors (Lipinski definition) is 1. The summed E-state index contributed by atoms with van der Waals surface area (Å²) in [6, 6.07) is 21.7. The first-order chi connectivity index (χ1) is 14.9. The minimum absolute atomic E-state index is 0.212. The maximum Gasteiger partial charge on any atom is 0.261 e. The normalized spacial score (nSPS) is 15.1. The van der Waals surface area contributed by atoms with Crippen LogP contribution in [-0.4, -0.2) is 34.7 Å². The van der Waals surface area contributed by atoms with Crippen molar-refractivity contribution in [3.63, 3.8) is 0 Å². The van der Waals surface area contributed by atoms with Gasteiger partial charge in [0.2, 0.25) is 0 Å². The van der Waals surface area contributed by atoms with Crippen LogP contribution in [0, 0.1) is 0 Å². The summed E-state index contributed by atoms with van der Waals surface area (Å²) in [5, 5.41) is 0.641. The molecule has 1 aliphatic rings. The van der Waals surface area contributed by atoms with Crippen molar-refractivity contribution in [3.05, 3.63) is 77.8 Å². The van der Waals surface area contributed by atoms with Gasteiger partial charge in [0.25, 0.3) is 10.0 Å². The van der Waals surface area contributed by atoms with Crippen LogP contribution in [0.25, 0.3) is 11.1 Å². The standard InChI is InChI=1S/C24H25ClN2O3S/c1-30-23-13-15-27(16-14-23)22-9-7-21(8-10-22)26-31(28,29)24-11-5-18(6-12-24)19-3-2-4-20(25)17-19/h2-12,17,23,26H,13-16H2,1H3. The number of nitrogens with one attached hydrogen (secondary N) is 1. The summed E-state index contributed by atoms with van der Waals surface area (Å²) >= 11 is 6.05. The first-order valence-corrected chi connectivity index (χ1v) is 12.1. The Morgan fingerprint density at radius 3 is 2.23 bits per heavy atom. The van der Waals surface area contributed by atoms with Gasteiger partial charge in [-0.05, 0) is 72.5 Å². The molecule has 7 heteroatoms.